The van der Waals surface area contributed by atoms with Crippen LogP contribution in [0.25, 0.3) is 33.3 Å². The Hall–Kier alpha value is -3.52. The van der Waals surface area contributed by atoms with E-state index in [1.807, 2.05) is 54.6 Å². The monoisotopic (exact) mass is 297 g/mol. The van der Waals surface area contributed by atoms with E-state index in [-0.39, 0.29) is 0 Å². The lowest BCUT2D eigenvalue weighted by molar-refractivity contribution is 0.937. The first kappa shape index (κ1) is 13.2. The summed E-state index contributed by atoms with van der Waals surface area (Å²) in [5.74, 6) is 0. The molecule has 2 heterocycles. The lowest BCUT2D eigenvalue weighted by Crippen LogP contribution is -1.85. The van der Waals surface area contributed by atoms with Gasteiger partial charge in [-0.1, -0.05) is 30.3 Å². The second kappa shape index (κ2) is 5.35. The van der Waals surface area contributed by atoms with Crippen LogP contribution >= 0.6 is 0 Å². The van der Waals surface area contributed by atoms with Crippen LogP contribution in [0.5, 0.6) is 0 Å². The molecule has 0 bridgehead atoms. The molecular formula is C18H11N5. The predicted octanol–water partition coefficient (Wildman–Crippen LogP) is 3.56. The fourth-order valence-corrected chi connectivity index (χ4v) is 2.61. The number of fused-ring (bicyclic) bond motifs is 1. The number of nitriles is 1. The number of H-pyrrole nitrogens is 1. The summed E-state index contributed by atoms with van der Waals surface area (Å²) in [7, 11) is 0. The van der Waals surface area contributed by atoms with Gasteiger partial charge in [0.05, 0.1) is 5.52 Å². The maximum Gasteiger partial charge on any atom is 0.190 e. The van der Waals surface area contributed by atoms with Gasteiger partial charge in [-0.15, -0.1) is 5.10 Å². The zero-order chi connectivity index (χ0) is 15.6. The number of pyridine rings is 1. The topological polar surface area (TPSA) is 78.2 Å². The van der Waals surface area contributed by atoms with E-state index < -0.39 is 0 Å². The van der Waals surface area contributed by atoms with Gasteiger partial charge in [0.1, 0.15) is 11.8 Å². The van der Waals surface area contributed by atoms with Crippen LogP contribution in [0.2, 0.25) is 0 Å². The Morgan fingerprint density at radius 1 is 0.870 bits per heavy atom. The molecule has 5 heteroatoms. The Balaban J connectivity index is 1.83. The molecule has 2 aromatic carbocycles. The maximum absolute atomic E-state index is 9.09. The SMILES string of the molecule is N#Cc1n[nH]nc1-c1cccc(-c2ccc3ncccc3c2)c1. The molecule has 108 valence electrons. The van der Waals surface area contributed by atoms with E-state index >= 15 is 0 Å². The van der Waals surface area contributed by atoms with Crippen LogP contribution in [0.3, 0.4) is 0 Å². The van der Waals surface area contributed by atoms with Gasteiger partial charge >= 0.3 is 0 Å². The average Bonchev–Trinajstić information content (AvgIpc) is 3.10. The van der Waals surface area contributed by atoms with Crippen LogP contribution in [-0.2, 0) is 0 Å². The molecule has 0 radical (unpaired) electrons. The number of nitrogens with one attached hydrogen (secondary N) is 1. The smallest absolute Gasteiger partial charge is 0.190 e. The Bertz CT molecular complexity index is 1040. The molecule has 0 aliphatic heterocycles. The summed E-state index contributed by atoms with van der Waals surface area (Å²) in [5, 5.41) is 20.6. The molecule has 0 atom stereocenters. The number of rotatable bonds is 2. The minimum atomic E-state index is 0.296. The largest absolute Gasteiger partial charge is 0.256 e. The van der Waals surface area contributed by atoms with Gasteiger partial charge in [-0.3, -0.25) is 4.98 Å². The van der Waals surface area contributed by atoms with E-state index in [4.69, 9.17) is 5.26 Å². The Morgan fingerprint density at radius 2 is 1.74 bits per heavy atom. The van der Waals surface area contributed by atoms with Crippen molar-refractivity contribution in [2.45, 2.75) is 0 Å². The van der Waals surface area contributed by atoms with Crippen molar-refractivity contribution in [2.24, 2.45) is 0 Å². The second-order valence-electron chi connectivity index (χ2n) is 5.12. The van der Waals surface area contributed by atoms with Crippen LogP contribution in [0.15, 0.2) is 60.8 Å². The quantitative estimate of drug-likeness (QED) is 0.613. The van der Waals surface area contributed by atoms with E-state index in [0.717, 1.165) is 27.6 Å². The predicted molar refractivity (Wildman–Crippen MR) is 87.3 cm³/mol. The van der Waals surface area contributed by atoms with Crippen molar-refractivity contribution in [3.05, 3.63) is 66.5 Å². The summed E-state index contributed by atoms with van der Waals surface area (Å²) in [4.78, 5) is 4.34. The number of aromatic nitrogens is 4. The highest BCUT2D eigenvalue weighted by molar-refractivity contribution is 5.85. The van der Waals surface area contributed by atoms with E-state index in [9.17, 15) is 0 Å². The molecule has 2 aromatic heterocycles. The van der Waals surface area contributed by atoms with Crippen LogP contribution in [0.1, 0.15) is 5.69 Å². The normalized spacial score (nSPS) is 10.6. The van der Waals surface area contributed by atoms with Gasteiger partial charge in [0.2, 0.25) is 0 Å². The third-order valence-corrected chi connectivity index (χ3v) is 3.73. The highest BCUT2D eigenvalue weighted by atomic mass is 15.3. The number of benzene rings is 2. The molecule has 0 fully saturated rings. The molecule has 0 aliphatic rings. The summed E-state index contributed by atoms with van der Waals surface area (Å²) in [6, 6.07) is 20.1. The maximum atomic E-state index is 9.09. The standard InChI is InChI=1S/C18H11N5/c19-11-17-18(22-23-21-17)15-4-1-3-12(10-15)13-6-7-16-14(9-13)5-2-8-20-16/h1-10H,(H,21,22,23). The molecule has 0 saturated carbocycles. The first-order valence-electron chi connectivity index (χ1n) is 7.11. The van der Waals surface area contributed by atoms with Gasteiger partial charge in [0.15, 0.2) is 5.69 Å². The summed E-state index contributed by atoms with van der Waals surface area (Å²) in [6.07, 6.45) is 1.79. The minimum absolute atomic E-state index is 0.296. The van der Waals surface area contributed by atoms with Crippen molar-refractivity contribution in [2.75, 3.05) is 0 Å². The van der Waals surface area contributed by atoms with E-state index in [0.29, 0.717) is 11.4 Å². The van der Waals surface area contributed by atoms with Crippen LogP contribution in [0, 0.1) is 11.3 Å². The second-order valence-corrected chi connectivity index (χ2v) is 5.12. The van der Waals surface area contributed by atoms with Crippen molar-refractivity contribution in [3.8, 4) is 28.5 Å². The van der Waals surface area contributed by atoms with Gasteiger partial charge in [-0.25, -0.2) is 0 Å². The molecule has 5 nitrogen and oxygen atoms in total. The van der Waals surface area contributed by atoms with Gasteiger partial charge in [-0.2, -0.15) is 15.6 Å². The van der Waals surface area contributed by atoms with Crippen LogP contribution in [0.4, 0.5) is 0 Å². The van der Waals surface area contributed by atoms with Crippen LogP contribution in [-0.4, -0.2) is 20.4 Å². The number of aromatic amines is 1. The van der Waals surface area contributed by atoms with Gasteiger partial charge in [-0.05, 0) is 35.4 Å². The van der Waals surface area contributed by atoms with E-state index in [1.165, 1.54) is 0 Å². The summed E-state index contributed by atoms with van der Waals surface area (Å²) >= 11 is 0. The number of nitrogens with zero attached hydrogens (tertiary/aromatic N) is 4. The molecule has 23 heavy (non-hydrogen) atoms. The van der Waals surface area contributed by atoms with Crippen molar-refractivity contribution in [3.63, 3.8) is 0 Å². The molecule has 0 aliphatic carbocycles. The fraction of sp³-hybridized carbons (Fsp3) is 0. The first-order valence-corrected chi connectivity index (χ1v) is 7.11. The molecular weight excluding hydrogens is 286 g/mol. The molecule has 0 amide bonds. The van der Waals surface area contributed by atoms with Crippen molar-refractivity contribution in [1.29, 1.82) is 5.26 Å². The number of hydrogen-bond acceptors (Lipinski definition) is 4. The highest BCUT2D eigenvalue weighted by Gasteiger charge is 2.10. The zero-order valence-electron chi connectivity index (χ0n) is 12.1. The first-order chi connectivity index (χ1) is 11.3. The summed E-state index contributed by atoms with van der Waals surface area (Å²) in [5.41, 5.74) is 4.84. The Labute approximate surface area is 132 Å². The lowest BCUT2D eigenvalue weighted by Gasteiger charge is -2.05. The third-order valence-electron chi connectivity index (χ3n) is 3.73. The summed E-state index contributed by atoms with van der Waals surface area (Å²) < 4.78 is 0. The summed E-state index contributed by atoms with van der Waals surface area (Å²) in [6.45, 7) is 0. The van der Waals surface area contributed by atoms with Crippen LogP contribution < -0.4 is 0 Å². The van der Waals surface area contributed by atoms with E-state index in [2.05, 4.69) is 26.5 Å². The zero-order valence-corrected chi connectivity index (χ0v) is 12.1. The fourth-order valence-electron chi connectivity index (χ4n) is 2.61. The molecule has 4 aromatic rings. The van der Waals surface area contributed by atoms with Gasteiger partial charge in [0, 0.05) is 17.1 Å². The molecule has 1 N–H and O–H groups in total. The average molecular weight is 297 g/mol. The molecule has 0 unspecified atom stereocenters. The highest BCUT2D eigenvalue weighted by Crippen LogP contribution is 2.28. The Kier molecular flexibility index (Phi) is 3.06. The molecule has 4 rings (SSSR count). The van der Waals surface area contributed by atoms with E-state index in [1.54, 1.807) is 6.20 Å². The van der Waals surface area contributed by atoms with Gasteiger partial charge < -0.3 is 0 Å². The van der Waals surface area contributed by atoms with Gasteiger partial charge in [0.25, 0.3) is 0 Å². The molecule has 0 spiro atoms. The Morgan fingerprint density at radius 3 is 2.65 bits per heavy atom. The van der Waals surface area contributed by atoms with Crippen molar-refractivity contribution in [1.82, 2.24) is 20.4 Å². The minimum Gasteiger partial charge on any atom is -0.256 e. The van der Waals surface area contributed by atoms with Crippen molar-refractivity contribution >= 4 is 10.9 Å². The molecule has 0 saturated heterocycles. The van der Waals surface area contributed by atoms with Crippen molar-refractivity contribution < 1.29 is 0 Å². The number of hydrogen-bond donors (Lipinski definition) is 1. The third kappa shape index (κ3) is 2.32. The lowest BCUT2D eigenvalue weighted by atomic mass is 10.00.